The molecule has 0 saturated carbocycles. The van der Waals surface area contributed by atoms with Gasteiger partial charge in [0.05, 0.1) is 11.9 Å². The maximum absolute atomic E-state index is 10.5. The van der Waals surface area contributed by atoms with E-state index >= 15 is 0 Å². The molecule has 0 aromatic carbocycles. The van der Waals surface area contributed by atoms with Gasteiger partial charge in [0.1, 0.15) is 9.84 Å². The molecule has 0 aliphatic rings. The molecule has 1 N–H and O–H groups in total. The first-order valence-electron chi connectivity index (χ1n) is 2.87. The number of hydrogen-bond donors (Lipinski definition) is 1. The Morgan fingerprint density at radius 3 is 2.40 bits per heavy atom. The van der Waals surface area contributed by atoms with Crippen LogP contribution in [-0.2, 0) is 9.84 Å². The SMILES string of the molecule is CS(=O)(=O)CCC(O)CBr. The van der Waals surface area contributed by atoms with E-state index in [4.69, 9.17) is 5.11 Å². The van der Waals surface area contributed by atoms with E-state index in [2.05, 4.69) is 15.9 Å². The van der Waals surface area contributed by atoms with E-state index in [1.54, 1.807) is 0 Å². The lowest BCUT2D eigenvalue weighted by molar-refractivity contribution is 0.197. The zero-order valence-corrected chi connectivity index (χ0v) is 8.15. The van der Waals surface area contributed by atoms with Crippen LogP contribution in [-0.4, -0.2) is 37.0 Å². The van der Waals surface area contributed by atoms with Gasteiger partial charge in [-0.1, -0.05) is 15.9 Å². The van der Waals surface area contributed by atoms with Gasteiger partial charge < -0.3 is 5.11 Å². The molecular weight excluding hydrogens is 220 g/mol. The van der Waals surface area contributed by atoms with Gasteiger partial charge in [-0.2, -0.15) is 0 Å². The number of hydrogen-bond acceptors (Lipinski definition) is 3. The lowest BCUT2D eigenvalue weighted by Crippen LogP contribution is -2.14. The highest BCUT2D eigenvalue weighted by molar-refractivity contribution is 9.09. The molecule has 0 bridgehead atoms. The summed E-state index contributed by atoms with van der Waals surface area (Å²) in [5.41, 5.74) is 0. The Hall–Kier alpha value is 0.390. The Labute approximate surface area is 69.5 Å². The van der Waals surface area contributed by atoms with Crippen molar-refractivity contribution in [1.82, 2.24) is 0 Å². The summed E-state index contributed by atoms with van der Waals surface area (Å²) in [7, 11) is -2.91. The first-order valence-corrected chi connectivity index (χ1v) is 6.05. The molecule has 10 heavy (non-hydrogen) atoms. The molecule has 1 unspecified atom stereocenters. The van der Waals surface area contributed by atoms with Crippen molar-refractivity contribution in [3.05, 3.63) is 0 Å². The fraction of sp³-hybridized carbons (Fsp3) is 1.00. The second-order valence-corrected chi connectivity index (χ2v) is 5.13. The lowest BCUT2D eigenvalue weighted by Gasteiger charge is -2.03. The van der Waals surface area contributed by atoms with Gasteiger partial charge in [0.25, 0.3) is 0 Å². The predicted octanol–water partition coefficient (Wildman–Crippen LogP) is 0.177. The largest absolute Gasteiger partial charge is 0.392 e. The highest BCUT2D eigenvalue weighted by Crippen LogP contribution is 1.98. The van der Waals surface area contributed by atoms with Gasteiger partial charge in [0, 0.05) is 11.6 Å². The average molecular weight is 231 g/mol. The van der Waals surface area contributed by atoms with Crippen LogP contribution < -0.4 is 0 Å². The number of aliphatic hydroxyl groups excluding tert-OH is 1. The summed E-state index contributed by atoms with van der Waals surface area (Å²) in [5.74, 6) is 0.0553. The molecule has 0 spiro atoms. The molecule has 0 radical (unpaired) electrons. The Kier molecular flexibility index (Phi) is 4.47. The Morgan fingerprint density at radius 2 is 2.10 bits per heavy atom. The highest BCUT2D eigenvalue weighted by Gasteiger charge is 2.06. The minimum atomic E-state index is -2.91. The van der Waals surface area contributed by atoms with Crippen LogP contribution >= 0.6 is 15.9 Å². The van der Waals surface area contributed by atoms with E-state index in [1.807, 2.05) is 0 Å². The molecular formula is C5H11BrO3S. The van der Waals surface area contributed by atoms with Crippen molar-refractivity contribution in [3.63, 3.8) is 0 Å². The third kappa shape index (κ3) is 6.51. The number of aliphatic hydroxyl groups is 1. The molecule has 62 valence electrons. The van der Waals surface area contributed by atoms with E-state index in [9.17, 15) is 8.42 Å². The molecule has 0 aliphatic carbocycles. The van der Waals surface area contributed by atoms with Crippen LogP contribution in [0, 0.1) is 0 Å². The van der Waals surface area contributed by atoms with Crippen LogP contribution in [0.2, 0.25) is 0 Å². The van der Waals surface area contributed by atoms with Crippen LogP contribution in [0.4, 0.5) is 0 Å². The van der Waals surface area contributed by atoms with Gasteiger partial charge in [0.2, 0.25) is 0 Å². The first-order chi connectivity index (χ1) is 4.45. The highest BCUT2D eigenvalue weighted by atomic mass is 79.9. The molecule has 5 heteroatoms. The summed E-state index contributed by atoms with van der Waals surface area (Å²) in [6, 6.07) is 0. The van der Waals surface area contributed by atoms with Crippen molar-refractivity contribution in [2.45, 2.75) is 12.5 Å². The normalized spacial score (nSPS) is 15.1. The van der Waals surface area contributed by atoms with Crippen molar-refractivity contribution in [3.8, 4) is 0 Å². The summed E-state index contributed by atoms with van der Waals surface area (Å²) >= 11 is 3.04. The zero-order chi connectivity index (χ0) is 8.20. The fourth-order valence-electron chi connectivity index (χ4n) is 0.427. The zero-order valence-electron chi connectivity index (χ0n) is 5.75. The summed E-state index contributed by atoms with van der Waals surface area (Å²) < 4.78 is 21.1. The monoisotopic (exact) mass is 230 g/mol. The molecule has 0 saturated heterocycles. The molecule has 0 rings (SSSR count). The minimum Gasteiger partial charge on any atom is -0.392 e. The third-order valence-corrected chi connectivity index (χ3v) is 2.72. The van der Waals surface area contributed by atoms with Crippen LogP contribution in [0.3, 0.4) is 0 Å². The van der Waals surface area contributed by atoms with Crippen molar-refractivity contribution >= 4 is 25.8 Å². The van der Waals surface area contributed by atoms with Gasteiger partial charge >= 0.3 is 0 Å². The maximum Gasteiger partial charge on any atom is 0.147 e. The molecule has 0 aromatic heterocycles. The van der Waals surface area contributed by atoms with Crippen molar-refractivity contribution in [2.75, 3.05) is 17.3 Å². The van der Waals surface area contributed by atoms with Crippen LogP contribution in [0.25, 0.3) is 0 Å². The predicted molar refractivity (Wildman–Crippen MR) is 44.1 cm³/mol. The Balaban J connectivity index is 3.56. The fourth-order valence-corrected chi connectivity index (χ4v) is 1.45. The van der Waals surface area contributed by atoms with E-state index < -0.39 is 15.9 Å². The standard InChI is InChI=1S/C5H11BrO3S/c1-10(8,9)3-2-5(7)4-6/h5,7H,2-4H2,1H3. The summed E-state index contributed by atoms with van der Waals surface area (Å²) in [4.78, 5) is 0. The molecule has 0 amide bonds. The van der Waals surface area contributed by atoms with Crippen molar-refractivity contribution < 1.29 is 13.5 Å². The molecule has 0 fully saturated rings. The quantitative estimate of drug-likeness (QED) is 0.702. The van der Waals surface area contributed by atoms with Crippen LogP contribution in [0.15, 0.2) is 0 Å². The topological polar surface area (TPSA) is 54.4 Å². The van der Waals surface area contributed by atoms with Gasteiger partial charge in [-0.15, -0.1) is 0 Å². The number of alkyl halides is 1. The smallest absolute Gasteiger partial charge is 0.147 e. The van der Waals surface area contributed by atoms with Crippen molar-refractivity contribution in [2.24, 2.45) is 0 Å². The molecule has 1 atom stereocenters. The van der Waals surface area contributed by atoms with Gasteiger partial charge in [-0.05, 0) is 6.42 Å². The third-order valence-electron chi connectivity index (χ3n) is 1.000. The van der Waals surface area contributed by atoms with Gasteiger partial charge in [0.15, 0.2) is 0 Å². The number of sulfone groups is 1. The Bertz CT molecular complexity index is 175. The van der Waals surface area contributed by atoms with Crippen LogP contribution in [0.1, 0.15) is 6.42 Å². The number of halogens is 1. The van der Waals surface area contributed by atoms with E-state index in [0.29, 0.717) is 11.8 Å². The van der Waals surface area contributed by atoms with Gasteiger partial charge in [-0.3, -0.25) is 0 Å². The molecule has 3 nitrogen and oxygen atoms in total. The summed E-state index contributed by atoms with van der Waals surface area (Å²) in [5, 5.41) is 9.34. The molecule has 0 aromatic rings. The number of rotatable bonds is 4. The van der Waals surface area contributed by atoms with Gasteiger partial charge in [-0.25, -0.2) is 8.42 Å². The second-order valence-electron chi connectivity index (χ2n) is 2.23. The van der Waals surface area contributed by atoms with Crippen molar-refractivity contribution in [1.29, 1.82) is 0 Å². The molecule has 0 heterocycles. The lowest BCUT2D eigenvalue weighted by atomic mass is 10.3. The molecule has 0 aliphatic heterocycles. The van der Waals surface area contributed by atoms with E-state index in [0.717, 1.165) is 6.26 Å². The van der Waals surface area contributed by atoms with Crippen LogP contribution in [0.5, 0.6) is 0 Å². The average Bonchev–Trinajstić information content (AvgIpc) is 1.81. The summed E-state index contributed by atoms with van der Waals surface area (Å²) in [6.07, 6.45) is 0.924. The first kappa shape index (κ1) is 10.4. The van der Waals surface area contributed by atoms with E-state index in [-0.39, 0.29) is 5.75 Å². The summed E-state index contributed by atoms with van der Waals surface area (Å²) in [6.45, 7) is 0. The second kappa shape index (κ2) is 4.31. The van der Waals surface area contributed by atoms with E-state index in [1.165, 1.54) is 0 Å². The maximum atomic E-state index is 10.5. The minimum absolute atomic E-state index is 0.0553. The Morgan fingerprint density at radius 1 is 1.60 bits per heavy atom.